The first-order valence-electron chi connectivity index (χ1n) is 10.6. The molecule has 1 aromatic heterocycles. The Kier molecular flexibility index (Phi) is 5.79. The van der Waals surface area contributed by atoms with Crippen molar-refractivity contribution < 1.29 is 18.0 Å². The van der Waals surface area contributed by atoms with Crippen LogP contribution in [0.5, 0.6) is 0 Å². The van der Waals surface area contributed by atoms with Gasteiger partial charge in [-0.25, -0.2) is 0 Å². The second-order valence-corrected chi connectivity index (χ2v) is 8.47. The van der Waals surface area contributed by atoms with Gasteiger partial charge < -0.3 is 15.2 Å². The van der Waals surface area contributed by atoms with Crippen molar-refractivity contribution in [3.05, 3.63) is 65.4 Å². The minimum Gasteiger partial charge on any atom is -0.351 e. The van der Waals surface area contributed by atoms with Crippen molar-refractivity contribution in [2.75, 3.05) is 18.4 Å². The maximum atomic E-state index is 12.9. The van der Waals surface area contributed by atoms with Crippen LogP contribution in [0.25, 0.3) is 10.9 Å². The van der Waals surface area contributed by atoms with Gasteiger partial charge in [0.2, 0.25) is 0 Å². The van der Waals surface area contributed by atoms with E-state index < -0.39 is 17.6 Å². The first kappa shape index (κ1) is 21.4. The molecule has 0 aliphatic carbocycles. The summed E-state index contributed by atoms with van der Waals surface area (Å²) in [4.78, 5) is 18.2. The van der Waals surface area contributed by atoms with Crippen LogP contribution in [0.4, 0.5) is 18.9 Å². The first-order chi connectivity index (χ1) is 14.7. The molecule has 2 N–H and O–H groups in total. The molecule has 4 rings (SSSR count). The van der Waals surface area contributed by atoms with Gasteiger partial charge in [0.15, 0.2) is 0 Å². The lowest BCUT2D eigenvalue weighted by atomic mass is 9.88. The number of hydrogen-bond acceptors (Lipinski definition) is 2. The average Bonchev–Trinajstić information content (AvgIpc) is 3.17. The van der Waals surface area contributed by atoms with E-state index in [1.54, 1.807) is 6.07 Å². The lowest BCUT2D eigenvalue weighted by molar-refractivity contribution is -0.137. The number of aromatic nitrogens is 1. The van der Waals surface area contributed by atoms with Gasteiger partial charge in [-0.05, 0) is 87.7 Å². The zero-order chi connectivity index (χ0) is 22.2. The molecule has 7 heteroatoms. The summed E-state index contributed by atoms with van der Waals surface area (Å²) in [6, 6.07) is 13.1. The number of anilines is 1. The van der Waals surface area contributed by atoms with Crippen molar-refractivity contribution in [1.29, 1.82) is 0 Å². The fourth-order valence-electron chi connectivity index (χ4n) is 4.25. The van der Waals surface area contributed by atoms with E-state index in [-0.39, 0.29) is 5.69 Å². The molecule has 1 aliphatic rings. The number of fused-ring (bicyclic) bond motifs is 1. The quantitative estimate of drug-likeness (QED) is 0.532. The minimum atomic E-state index is -4.45. The Hall–Kier alpha value is -2.80. The third-order valence-electron chi connectivity index (χ3n) is 6.07. The van der Waals surface area contributed by atoms with Crippen LogP contribution in [0.2, 0.25) is 0 Å². The predicted molar refractivity (Wildman–Crippen MR) is 116 cm³/mol. The highest BCUT2D eigenvalue weighted by molar-refractivity contribution is 6.06. The van der Waals surface area contributed by atoms with E-state index in [1.807, 2.05) is 6.07 Å². The summed E-state index contributed by atoms with van der Waals surface area (Å²) in [6.45, 7) is 6.60. The van der Waals surface area contributed by atoms with Crippen LogP contribution in [0.1, 0.15) is 54.2 Å². The molecule has 0 saturated carbocycles. The number of carbonyl (C=O) groups excluding carboxylic acids is 1. The van der Waals surface area contributed by atoms with Crippen molar-refractivity contribution in [1.82, 2.24) is 9.88 Å². The summed E-state index contributed by atoms with van der Waals surface area (Å²) in [5, 5.41) is 3.48. The molecule has 2 heterocycles. The number of alkyl halides is 3. The van der Waals surface area contributed by atoms with E-state index in [0.717, 1.165) is 49.0 Å². The number of likely N-dealkylation sites (tertiary alicyclic amines) is 1. The number of rotatable bonds is 4. The van der Waals surface area contributed by atoms with Crippen molar-refractivity contribution >= 4 is 22.5 Å². The van der Waals surface area contributed by atoms with Gasteiger partial charge in [-0.1, -0.05) is 12.1 Å². The Bertz CT molecular complexity index is 1080. The Labute approximate surface area is 179 Å². The molecule has 1 fully saturated rings. The number of amides is 1. The van der Waals surface area contributed by atoms with Crippen LogP contribution in [0, 0.1) is 0 Å². The molecule has 1 aliphatic heterocycles. The van der Waals surface area contributed by atoms with Crippen molar-refractivity contribution in [3.63, 3.8) is 0 Å². The fourth-order valence-corrected chi connectivity index (χ4v) is 4.25. The fraction of sp³-hybridized carbons (Fsp3) is 0.375. The summed E-state index contributed by atoms with van der Waals surface area (Å²) in [7, 11) is 0. The lowest BCUT2D eigenvalue weighted by Crippen LogP contribution is -2.37. The van der Waals surface area contributed by atoms with E-state index in [0.29, 0.717) is 17.7 Å². The Morgan fingerprint density at radius 2 is 1.84 bits per heavy atom. The van der Waals surface area contributed by atoms with Crippen LogP contribution in [0.3, 0.4) is 0 Å². The molecule has 0 unspecified atom stereocenters. The third kappa shape index (κ3) is 4.77. The van der Waals surface area contributed by atoms with Gasteiger partial charge in [0.25, 0.3) is 5.91 Å². The van der Waals surface area contributed by atoms with Crippen LogP contribution >= 0.6 is 0 Å². The molecule has 2 aromatic carbocycles. The van der Waals surface area contributed by atoms with Gasteiger partial charge in [-0.3, -0.25) is 4.79 Å². The predicted octanol–water partition coefficient (Wildman–Crippen LogP) is 6.03. The van der Waals surface area contributed by atoms with E-state index in [1.165, 1.54) is 17.7 Å². The Morgan fingerprint density at radius 1 is 1.10 bits per heavy atom. The number of nitrogens with zero attached hydrogens (tertiary/aromatic N) is 1. The summed E-state index contributed by atoms with van der Waals surface area (Å²) in [5.74, 6) is 0.0269. The summed E-state index contributed by atoms with van der Waals surface area (Å²) in [6.07, 6.45) is -2.24. The maximum Gasteiger partial charge on any atom is 0.416 e. The molecule has 0 spiro atoms. The van der Waals surface area contributed by atoms with Gasteiger partial charge >= 0.3 is 6.18 Å². The number of hydrogen-bond donors (Lipinski definition) is 2. The van der Waals surface area contributed by atoms with Crippen molar-refractivity contribution in [3.8, 4) is 0 Å². The molecule has 164 valence electrons. The smallest absolute Gasteiger partial charge is 0.351 e. The monoisotopic (exact) mass is 429 g/mol. The largest absolute Gasteiger partial charge is 0.416 e. The lowest BCUT2D eigenvalue weighted by Gasteiger charge is -2.34. The molecule has 4 nitrogen and oxygen atoms in total. The number of benzene rings is 2. The van der Waals surface area contributed by atoms with Gasteiger partial charge in [-0.15, -0.1) is 0 Å². The van der Waals surface area contributed by atoms with E-state index in [2.05, 4.69) is 41.2 Å². The highest BCUT2D eigenvalue weighted by Gasteiger charge is 2.30. The highest BCUT2D eigenvalue weighted by Crippen LogP contribution is 2.32. The van der Waals surface area contributed by atoms with Crippen molar-refractivity contribution in [2.24, 2.45) is 0 Å². The van der Waals surface area contributed by atoms with Crippen molar-refractivity contribution in [2.45, 2.75) is 44.8 Å². The van der Waals surface area contributed by atoms with Crippen LogP contribution in [-0.2, 0) is 6.18 Å². The van der Waals surface area contributed by atoms with Crippen LogP contribution < -0.4 is 5.32 Å². The average molecular weight is 429 g/mol. The second-order valence-electron chi connectivity index (χ2n) is 8.47. The first-order valence-corrected chi connectivity index (χ1v) is 10.6. The van der Waals surface area contributed by atoms with E-state index in [9.17, 15) is 18.0 Å². The second kappa shape index (κ2) is 8.38. The number of halogens is 3. The third-order valence-corrected chi connectivity index (χ3v) is 6.07. The van der Waals surface area contributed by atoms with Gasteiger partial charge in [-0.2, -0.15) is 13.2 Å². The molecule has 1 amide bonds. The van der Waals surface area contributed by atoms with E-state index >= 15 is 0 Å². The molecule has 31 heavy (non-hydrogen) atoms. The number of nitrogens with one attached hydrogen (secondary N) is 2. The minimum absolute atomic E-state index is 0.107. The normalized spacial score (nSPS) is 16.2. The van der Waals surface area contributed by atoms with Gasteiger partial charge in [0.05, 0.1) is 5.56 Å². The van der Waals surface area contributed by atoms with Crippen LogP contribution in [-0.4, -0.2) is 34.9 Å². The number of carbonyl (C=O) groups is 1. The topological polar surface area (TPSA) is 48.1 Å². The highest BCUT2D eigenvalue weighted by atomic mass is 19.4. The van der Waals surface area contributed by atoms with E-state index in [4.69, 9.17) is 0 Å². The van der Waals surface area contributed by atoms with Gasteiger partial charge in [0.1, 0.15) is 5.69 Å². The molecular formula is C24H26F3N3O. The zero-order valence-electron chi connectivity index (χ0n) is 17.6. The number of aromatic amines is 1. The molecule has 0 radical (unpaired) electrons. The SMILES string of the molecule is CC(C)N1CCC(c2ccc3[nH]c(C(=O)Nc4cccc(C(F)(F)F)c4)cc3c2)CC1. The maximum absolute atomic E-state index is 12.9. The molecule has 1 saturated heterocycles. The standard InChI is InChI=1S/C24H26F3N3O/c1-15(2)30-10-8-16(9-11-30)17-6-7-21-18(12-17)13-22(29-21)23(31)28-20-5-3-4-19(14-20)24(25,26)27/h3-7,12-16,29H,8-11H2,1-2H3,(H,28,31). The Morgan fingerprint density at radius 3 is 2.52 bits per heavy atom. The molecule has 3 aromatic rings. The Balaban J connectivity index is 1.49. The molecular weight excluding hydrogens is 403 g/mol. The molecule has 0 bridgehead atoms. The summed E-state index contributed by atoms with van der Waals surface area (Å²) < 4.78 is 38.7. The summed E-state index contributed by atoms with van der Waals surface area (Å²) in [5.41, 5.74) is 1.72. The van der Waals surface area contributed by atoms with Crippen LogP contribution in [0.15, 0.2) is 48.5 Å². The molecule has 0 atom stereocenters. The number of H-pyrrole nitrogens is 1. The number of piperidine rings is 1. The zero-order valence-corrected chi connectivity index (χ0v) is 17.6. The summed E-state index contributed by atoms with van der Waals surface area (Å²) >= 11 is 0. The van der Waals surface area contributed by atoms with Gasteiger partial charge in [0, 0.05) is 22.6 Å².